The summed E-state index contributed by atoms with van der Waals surface area (Å²) in [5.74, 6) is -0.810. The Morgan fingerprint density at radius 2 is 2.05 bits per heavy atom. The van der Waals surface area contributed by atoms with Gasteiger partial charge in [-0.3, -0.25) is 4.79 Å². The first-order valence-electron chi connectivity index (χ1n) is 5.54. The van der Waals surface area contributed by atoms with Crippen molar-refractivity contribution in [2.45, 2.75) is 0 Å². The van der Waals surface area contributed by atoms with Crippen LogP contribution in [0.4, 0.5) is 10.1 Å². The molecule has 2 rings (SSSR count). The zero-order valence-corrected chi connectivity index (χ0v) is 10.2. The number of methoxy groups -OCH3 is 1. The number of ether oxygens (including phenoxy) is 1. The molecule has 1 amide bonds. The van der Waals surface area contributed by atoms with Gasteiger partial charge in [0.15, 0.2) is 0 Å². The van der Waals surface area contributed by atoms with E-state index in [2.05, 4.69) is 5.32 Å². The van der Waals surface area contributed by atoms with Gasteiger partial charge >= 0.3 is 0 Å². The second-order valence-corrected chi connectivity index (χ2v) is 3.85. The van der Waals surface area contributed by atoms with Crippen LogP contribution >= 0.6 is 0 Å². The molecule has 0 heterocycles. The maximum atomic E-state index is 13.5. The lowest BCUT2D eigenvalue weighted by atomic mass is 10.2. The van der Waals surface area contributed by atoms with Crippen molar-refractivity contribution in [3.8, 4) is 11.5 Å². The highest BCUT2D eigenvalue weighted by Gasteiger charge is 2.10. The van der Waals surface area contributed by atoms with Gasteiger partial charge in [0.05, 0.1) is 12.8 Å². The molecule has 0 bridgehead atoms. The summed E-state index contributed by atoms with van der Waals surface area (Å²) < 4.78 is 18.5. The van der Waals surface area contributed by atoms with Gasteiger partial charge in [-0.1, -0.05) is 6.07 Å². The third-order valence-electron chi connectivity index (χ3n) is 2.53. The fourth-order valence-electron chi connectivity index (χ4n) is 1.56. The van der Waals surface area contributed by atoms with Crippen molar-refractivity contribution in [3.63, 3.8) is 0 Å². The normalized spacial score (nSPS) is 10.0. The zero-order valence-electron chi connectivity index (χ0n) is 10.2. The predicted molar refractivity (Wildman–Crippen MR) is 69.0 cm³/mol. The monoisotopic (exact) mass is 261 g/mol. The van der Waals surface area contributed by atoms with E-state index >= 15 is 0 Å². The van der Waals surface area contributed by atoms with Crippen molar-refractivity contribution < 1.29 is 19.0 Å². The fraction of sp³-hybridized carbons (Fsp3) is 0.0714. The standard InChI is InChI=1S/C14H12FNO3/c1-19-11-4-2-3-9(7-11)14(18)16-13-6-5-10(17)8-12(13)15/h2-8,17H,1H3,(H,16,18). The van der Waals surface area contributed by atoms with Gasteiger partial charge in [0, 0.05) is 11.6 Å². The van der Waals surface area contributed by atoms with Crippen LogP contribution in [0.5, 0.6) is 11.5 Å². The highest BCUT2D eigenvalue weighted by atomic mass is 19.1. The summed E-state index contributed by atoms with van der Waals surface area (Å²) in [4.78, 5) is 11.9. The Hall–Kier alpha value is -2.56. The van der Waals surface area contributed by atoms with Gasteiger partial charge in [0.25, 0.3) is 5.91 Å². The van der Waals surface area contributed by atoms with Gasteiger partial charge in [0.1, 0.15) is 17.3 Å². The highest BCUT2D eigenvalue weighted by Crippen LogP contribution is 2.20. The van der Waals surface area contributed by atoms with Crippen LogP contribution in [-0.4, -0.2) is 18.1 Å². The molecule has 0 radical (unpaired) electrons. The van der Waals surface area contributed by atoms with E-state index in [1.807, 2.05) is 0 Å². The van der Waals surface area contributed by atoms with Crippen LogP contribution in [0.25, 0.3) is 0 Å². The maximum Gasteiger partial charge on any atom is 0.255 e. The summed E-state index contributed by atoms with van der Waals surface area (Å²) in [7, 11) is 1.50. The molecule has 0 spiro atoms. The maximum absolute atomic E-state index is 13.5. The number of hydrogen-bond donors (Lipinski definition) is 2. The Bertz CT molecular complexity index is 613. The first kappa shape index (κ1) is 12.9. The first-order valence-corrected chi connectivity index (χ1v) is 5.54. The third kappa shape index (κ3) is 3.01. The molecule has 0 aromatic heterocycles. The molecule has 2 aromatic rings. The molecule has 2 aromatic carbocycles. The predicted octanol–water partition coefficient (Wildman–Crippen LogP) is 2.79. The fourth-order valence-corrected chi connectivity index (χ4v) is 1.56. The van der Waals surface area contributed by atoms with E-state index in [-0.39, 0.29) is 11.4 Å². The van der Waals surface area contributed by atoms with Crippen LogP contribution in [-0.2, 0) is 0 Å². The highest BCUT2D eigenvalue weighted by molar-refractivity contribution is 6.04. The number of rotatable bonds is 3. The molecule has 5 heteroatoms. The van der Waals surface area contributed by atoms with Crippen molar-refractivity contribution >= 4 is 11.6 Å². The number of hydrogen-bond acceptors (Lipinski definition) is 3. The zero-order chi connectivity index (χ0) is 13.8. The molecular formula is C14H12FNO3. The molecule has 0 aliphatic carbocycles. The average Bonchev–Trinajstić information content (AvgIpc) is 2.42. The number of phenolic OH excluding ortho intramolecular Hbond substituents is 1. The number of amides is 1. The van der Waals surface area contributed by atoms with Crippen LogP contribution < -0.4 is 10.1 Å². The third-order valence-corrected chi connectivity index (χ3v) is 2.53. The number of carbonyl (C=O) groups excluding carboxylic acids is 1. The van der Waals surface area contributed by atoms with E-state index in [4.69, 9.17) is 9.84 Å². The molecule has 0 atom stereocenters. The van der Waals surface area contributed by atoms with Gasteiger partial charge in [-0.15, -0.1) is 0 Å². The lowest BCUT2D eigenvalue weighted by Crippen LogP contribution is -2.12. The smallest absolute Gasteiger partial charge is 0.255 e. The lowest BCUT2D eigenvalue weighted by Gasteiger charge is -2.07. The Morgan fingerprint density at radius 1 is 1.26 bits per heavy atom. The molecule has 0 saturated heterocycles. The van der Waals surface area contributed by atoms with Crippen LogP contribution in [0.3, 0.4) is 0 Å². The molecule has 4 nitrogen and oxygen atoms in total. The summed E-state index contributed by atoms with van der Waals surface area (Å²) in [5, 5.41) is 11.5. The number of anilines is 1. The van der Waals surface area contributed by atoms with E-state index < -0.39 is 11.7 Å². The summed E-state index contributed by atoms with van der Waals surface area (Å²) in [6.45, 7) is 0. The minimum absolute atomic E-state index is 0.00520. The summed E-state index contributed by atoms with van der Waals surface area (Å²) >= 11 is 0. The van der Waals surface area contributed by atoms with Gasteiger partial charge in [-0.2, -0.15) is 0 Å². The number of nitrogens with one attached hydrogen (secondary N) is 1. The lowest BCUT2D eigenvalue weighted by molar-refractivity contribution is 0.102. The SMILES string of the molecule is COc1cccc(C(=O)Nc2ccc(O)cc2F)c1. The van der Waals surface area contributed by atoms with Crippen molar-refractivity contribution in [3.05, 3.63) is 53.8 Å². The van der Waals surface area contributed by atoms with Crippen LogP contribution in [0, 0.1) is 5.82 Å². The Balaban J connectivity index is 2.20. The molecule has 19 heavy (non-hydrogen) atoms. The number of halogens is 1. The van der Waals surface area contributed by atoms with Gasteiger partial charge in [-0.05, 0) is 30.3 Å². The van der Waals surface area contributed by atoms with Crippen LogP contribution in [0.15, 0.2) is 42.5 Å². The molecule has 0 aliphatic rings. The quantitative estimate of drug-likeness (QED) is 0.835. The summed E-state index contributed by atoms with van der Waals surface area (Å²) in [6.07, 6.45) is 0. The van der Waals surface area contributed by atoms with Gasteiger partial charge < -0.3 is 15.2 Å². The van der Waals surface area contributed by atoms with Gasteiger partial charge in [0.2, 0.25) is 0 Å². The van der Waals surface area contributed by atoms with E-state index in [9.17, 15) is 9.18 Å². The Morgan fingerprint density at radius 3 is 2.74 bits per heavy atom. The molecule has 0 saturated carbocycles. The molecular weight excluding hydrogens is 249 g/mol. The molecule has 0 fully saturated rings. The van der Waals surface area contributed by atoms with Crippen LogP contribution in [0.1, 0.15) is 10.4 Å². The second-order valence-electron chi connectivity index (χ2n) is 3.85. The second kappa shape index (κ2) is 5.39. The van der Waals surface area contributed by atoms with E-state index in [0.29, 0.717) is 11.3 Å². The van der Waals surface area contributed by atoms with Crippen molar-refractivity contribution in [2.24, 2.45) is 0 Å². The molecule has 2 N–H and O–H groups in total. The van der Waals surface area contributed by atoms with Gasteiger partial charge in [-0.25, -0.2) is 4.39 Å². The number of phenols is 1. The summed E-state index contributed by atoms with van der Waals surface area (Å²) in [6, 6.07) is 10.0. The number of carbonyl (C=O) groups is 1. The summed E-state index contributed by atoms with van der Waals surface area (Å²) in [5.41, 5.74) is 0.359. The molecule has 0 aliphatic heterocycles. The molecule has 98 valence electrons. The van der Waals surface area contributed by atoms with Crippen molar-refractivity contribution in [2.75, 3.05) is 12.4 Å². The van der Waals surface area contributed by atoms with E-state index in [1.54, 1.807) is 24.3 Å². The number of benzene rings is 2. The largest absolute Gasteiger partial charge is 0.508 e. The van der Waals surface area contributed by atoms with E-state index in [0.717, 1.165) is 6.07 Å². The number of aromatic hydroxyl groups is 1. The Kier molecular flexibility index (Phi) is 3.66. The van der Waals surface area contributed by atoms with Crippen molar-refractivity contribution in [1.29, 1.82) is 0 Å². The Labute approximate surface area is 109 Å². The minimum atomic E-state index is -0.698. The first-order chi connectivity index (χ1) is 9.10. The van der Waals surface area contributed by atoms with Crippen molar-refractivity contribution in [1.82, 2.24) is 0 Å². The topological polar surface area (TPSA) is 58.6 Å². The van der Waals surface area contributed by atoms with Crippen LogP contribution in [0.2, 0.25) is 0 Å². The molecule has 0 unspecified atom stereocenters. The average molecular weight is 261 g/mol. The minimum Gasteiger partial charge on any atom is -0.508 e. The van der Waals surface area contributed by atoms with E-state index in [1.165, 1.54) is 19.2 Å².